The molecule has 160 valence electrons. The molecule has 7 nitrogen and oxygen atoms in total. The summed E-state index contributed by atoms with van der Waals surface area (Å²) >= 11 is 16.4. The molecular formula is C19H10Cl2FI2N3O4. The molecule has 0 heterocycles. The molecule has 0 saturated carbocycles. The molecule has 3 N–H and O–H groups in total. The summed E-state index contributed by atoms with van der Waals surface area (Å²) < 4.78 is 16.5. The molecule has 12 heteroatoms. The molecule has 0 unspecified atom stereocenters. The highest BCUT2D eigenvalue weighted by molar-refractivity contribution is 14.1. The first-order valence-electron chi connectivity index (χ1n) is 8.26. The van der Waals surface area contributed by atoms with Crippen molar-refractivity contribution in [1.29, 1.82) is 0 Å². The van der Waals surface area contributed by atoms with Crippen LogP contribution in [0.5, 0.6) is 0 Å². The number of nitro groups is 1. The standard InChI is InChI=1S/C19H10Cl2FI2N3O4/c20-10-5-8(23)1-3-13(10)25-17-12(22)7-15(27(30)31)18(16(17)19(28)29)26-14-4-2-9(24)6-11(14)21/h1-7,25-26H,(H,28,29). The molecule has 0 radical (unpaired) electrons. The molecule has 0 saturated heterocycles. The largest absolute Gasteiger partial charge is 0.478 e. The smallest absolute Gasteiger partial charge is 0.340 e. The van der Waals surface area contributed by atoms with Gasteiger partial charge in [0.2, 0.25) is 0 Å². The van der Waals surface area contributed by atoms with E-state index in [2.05, 4.69) is 10.6 Å². The molecule has 0 aliphatic heterocycles. The van der Waals surface area contributed by atoms with E-state index in [1.165, 1.54) is 6.07 Å². The minimum Gasteiger partial charge on any atom is -0.478 e. The van der Waals surface area contributed by atoms with E-state index >= 15 is 0 Å². The van der Waals surface area contributed by atoms with Gasteiger partial charge in [-0.25, -0.2) is 9.18 Å². The Labute approximate surface area is 212 Å². The second-order valence-corrected chi connectivity index (χ2v) is 9.37. The van der Waals surface area contributed by atoms with Crippen molar-refractivity contribution in [3.63, 3.8) is 0 Å². The number of nitrogens with zero attached hydrogens (tertiary/aromatic N) is 1. The number of carbonyl (C=O) groups is 1. The van der Waals surface area contributed by atoms with Crippen molar-refractivity contribution in [2.24, 2.45) is 0 Å². The molecule has 0 bridgehead atoms. The normalized spacial score (nSPS) is 10.6. The van der Waals surface area contributed by atoms with E-state index in [0.717, 1.165) is 7.14 Å². The third-order valence-corrected chi connectivity index (χ3v) is 6.02. The molecule has 0 spiro atoms. The third-order valence-electron chi connectivity index (χ3n) is 4.05. The first kappa shape index (κ1) is 23.8. The zero-order chi connectivity index (χ0) is 22.9. The first-order chi connectivity index (χ1) is 14.6. The molecule has 3 rings (SSSR count). The van der Waals surface area contributed by atoms with E-state index in [1.54, 1.807) is 30.3 Å². The predicted octanol–water partition coefficient (Wildman–Crippen LogP) is 7.44. The summed E-state index contributed by atoms with van der Waals surface area (Å²) in [6.45, 7) is 0. The Hall–Kier alpha value is -1.90. The molecule has 0 amide bonds. The number of aromatic carboxylic acids is 1. The zero-order valence-corrected chi connectivity index (χ0v) is 20.9. The van der Waals surface area contributed by atoms with E-state index < -0.39 is 39.3 Å². The van der Waals surface area contributed by atoms with Gasteiger partial charge in [-0.2, -0.15) is 0 Å². The molecule has 0 aliphatic carbocycles. The number of carboxylic acid groups (broad SMARTS) is 1. The van der Waals surface area contributed by atoms with E-state index in [4.69, 9.17) is 23.2 Å². The SMILES string of the molecule is O=C(O)c1c(Nc2ccc(I)cc2Cl)c(F)cc([N+](=O)[O-])c1Nc1ccc(I)cc1Cl. The van der Waals surface area contributed by atoms with Gasteiger partial charge in [-0.3, -0.25) is 10.1 Å². The van der Waals surface area contributed by atoms with E-state index in [-0.39, 0.29) is 21.4 Å². The third kappa shape index (κ3) is 5.30. The van der Waals surface area contributed by atoms with Crippen LogP contribution in [0, 0.1) is 23.1 Å². The van der Waals surface area contributed by atoms with Gasteiger partial charge in [0.1, 0.15) is 11.3 Å². The Kier molecular flexibility index (Phi) is 7.44. The van der Waals surface area contributed by atoms with E-state index in [9.17, 15) is 24.4 Å². The summed E-state index contributed by atoms with van der Waals surface area (Å²) in [6.07, 6.45) is 0. The lowest BCUT2D eigenvalue weighted by atomic mass is 10.1. The van der Waals surface area contributed by atoms with Crippen LogP contribution in [0.25, 0.3) is 0 Å². The topological polar surface area (TPSA) is 104 Å². The summed E-state index contributed by atoms with van der Waals surface area (Å²) in [5.74, 6) is -2.71. The first-order valence-corrected chi connectivity index (χ1v) is 11.2. The number of halogens is 5. The maximum Gasteiger partial charge on any atom is 0.340 e. The van der Waals surface area contributed by atoms with Gasteiger partial charge in [-0.1, -0.05) is 23.2 Å². The van der Waals surface area contributed by atoms with Crippen LogP contribution in [0.15, 0.2) is 42.5 Å². The van der Waals surface area contributed by atoms with Crippen molar-refractivity contribution in [2.45, 2.75) is 0 Å². The van der Waals surface area contributed by atoms with Gasteiger partial charge in [0.15, 0.2) is 5.82 Å². The van der Waals surface area contributed by atoms with E-state index in [1.807, 2.05) is 45.2 Å². The van der Waals surface area contributed by atoms with Crippen molar-refractivity contribution in [1.82, 2.24) is 0 Å². The molecular weight excluding hydrogens is 678 g/mol. The molecule has 0 fully saturated rings. The monoisotopic (exact) mass is 687 g/mol. The lowest BCUT2D eigenvalue weighted by Crippen LogP contribution is -2.12. The van der Waals surface area contributed by atoms with Gasteiger partial charge in [0.25, 0.3) is 5.69 Å². The van der Waals surface area contributed by atoms with E-state index in [0.29, 0.717) is 6.07 Å². The summed E-state index contributed by atoms with van der Waals surface area (Å²) in [7, 11) is 0. The second kappa shape index (κ2) is 9.71. The summed E-state index contributed by atoms with van der Waals surface area (Å²) in [6, 6.07) is 10.3. The van der Waals surface area contributed by atoms with Crippen LogP contribution in [-0.2, 0) is 0 Å². The van der Waals surface area contributed by atoms with Gasteiger partial charge >= 0.3 is 5.97 Å². The molecule has 0 atom stereocenters. The van der Waals surface area contributed by atoms with Gasteiger partial charge in [-0.15, -0.1) is 0 Å². The summed E-state index contributed by atoms with van der Waals surface area (Å²) in [5, 5.41) is 27.1. The second-order valence-electron chi connectivity index (χ2n) is 6.06. The van der Waals surface area contributed by atoms with Crippen LogP contribution in [0.1, 0.15) is 10.4 Å². The number of hydrogen-bond acceptors (Lipinski definition) is 5. The fraction of sp³-hybridized carbons (Fsp3) is 0. The summed E-state index contributed by atoms with van der Waals surface area (Å²) in [4.78, 5) is 22.8. The van der Waals surface area contributed by atoms with Crippen LogP contribution < -0.4 is 10.6 Å². The zero-order valence-electron chi connectivity index (χ0n) is 15.1. The van der Waals surface area contributed by atoms with Crippen LogP contribution in [0.3, 0.4) is 0 Å². The van der Waals surface area contributed by atoms with Crippen LogP contribution in [-0.4, -0.2) is 16.0 Å². The van der Waals surface area contributed by atoms with Crippen LogP contribution >= 0.6 is 68.4 Å². The number of rotatable bonds is 6. The quantitative estimate of drug-likeness (QED) is 0.141. The number of carboxylic acids is 1. The highest BCUT2D eigenvalue weighted by atomic mass is 127. The molecule has 31 heavy (non-hydrogen) atoms. The molecule has 3 aromatic carbocycles. The van der Waals surface area contributed by atoms with Crippen molar-refractivity contribution in [3.05, 3.63) is 81.1 Å². The Morgan fingerprint density at radius 2 is 1.45 bits per heavy atom. The summed E-state index contributed by atoms with van der Waals surface area (Å²) in [5.41, 5.74) is -1.88. The highest BCUT2D eigenvalue weighted by Crippen LogP contribution is 2.41. The van der Waals surface area contributed by atoms with Gasteiger partial charge in [-0.05, 0) is 81.6 Å². The average Bonchev–Trinajstić information content (AvgIpc) is 2.67. The maximum absolute atomic E-state index is 14.8. The fourth-order valence-electron chi connectivity index (χ4n) is 2.69. The average molecular weight is 688 g/mol. The van der Waals surface area contributed by atoms with Crippen molar-refractivity contribution >= 4 is 103 Å². The Morgan fingerprint density at radius 1 is 0.968 bits per heavy atom. The Balaban J connectivity index is 2.23. The Bertz CT molecular complexity index is 1230. The lowest BCUT2D eigenvalue weighted by molar-refractivity contribution is -0.384. The minimum atomic E-state index is -1.59. The lowest BCUT2D eigenvalue weighted by Gasteiger charge is -2.17. The van der Waals surface area contributed by atoms with Gasteiger partial charge in [0, 0.05) is 7.14 Å². The highest BCUT2D eigenvalue weighted by Gasteiger charge is 2.30. The molecule has 0 aromatic heterocycles. The number of nitro benzene ring substituents is 1. The Morgan fingerprint density at radius 3 is 1.87 bits per heavy atom. The predicted molar refractivity (Wildman–Crippen MR) is 135 cm³/mol. The minimum absolute atomic E-state index is 0.206. The van der Waals surface area contributed by atoms with Crippen LogP contribution in [0.4, 0.5) is 32.8 Å². The number of anilines is 4. The maximum atomic E-state index is 14.8. The van der Waals surface area contributed by atoms with Crippen molar-refractivity contribution in [3.8, 4) is 0 Å². The fourth-order valence-corrected chi connectivity index (χ4v) is 4.50. The molecule has 3 aromatic rings. The number of benzene rings is 3. The van der Waals surface area contributed by atoms with Gasteiger partial charge < -0.3 is 15.7 Å². The molecule has 0 aliphatic rings. The van der Waals surface area contributed by atoms with Crippen LogP contribution in [0.2, 0.25) is 10.0 Å². The number of hydrogen-bond donors (Lipinski definition) is 3. The van der Waals surface area contributed by atoms with Gasteiger partial charge in [0.05, 0.1) is 38.1 Å². The van der Waals surface area contributed by atoms with Crippen molar-refractivity contribution in [2.75, 3.05) is 10.6 Å². The number of nitrogens with one attached hydrogen (secondary N) is 2. The van der Waals surface area contributed by atoms with Crippen molar-refractivity contribution < 1.29 is 19.2 Å².